The second-order valence-corrected chi connectivity index (χ2v) is 6.08. The molecule has 0 atom stereocenters. The lowest BCUT2D eigenvalue weighted by Crippen LogP contribution is -2.32. The molecule has 2 amide bonds. The molecule has 26 heavy (non-hydrogen) atoms. The van der Waals surface area contributed by atoms with Crippen LogP contribution in [0.2, 0.25) is 0 Å². The first kappa shape index (κ1) is 16.2. The largest absolute Gasteiger partial charge is 0.497 e. The van der Waals surface area contributed by atoms with Crippen LogP contribution < -0.4 is 9.47 Å². The summed E-state index contributed by atoms with van der Waals surface area (Å²) in [6.45, 7) is 0.793. The van der Waals surface area contributed by atoms with Gasteiger partial charge in [0.05, 0.1) is 30.9 Å². The Bertz CT molecular complexity index is 987. The number of aromatic nitrogens is 1. The van der Waals surface area contributed by atoms with Gasteiger partial charge in [0.15, 0.2) is 0 Å². The number of nitrogens with zero attached hydrogens (tertiary/aromatic N) is 2. The van der Waals surface area contributed by atoms with Crippen LogP contribution in [0.3, 0.4) is 0 Å². The minimum Gasteiger partial charge on any atom is -0.497 e. The Hall–Kier alpha value is -3.28. The predicted molar refractivity (Wildman–Crippen MR) is 96.9 cm³/mol. The van der Waals surface area contributed by atoms with Crippen molar-refractivity contribution in [2.75, 3.05) is 20.8 Å². The predicted octanol–water partition coefficient (Wildman–Crippen LogP) is 2.95. The number of carbonyl (C=O) groups is 2. The van der Waals surface area contributed by atoms with Gasteiger partial charge in [-0.2, -0.15) is 0 Å². The molecule has 2 aromatic carbocycles. The monoisotopic (exact) mass is 350 g/mol. The van der Waals surface area contributed by atoms with Crippen LogP contribution in [0, 0.1) is 0 Å². The van der Waals surface area contributed by atoms with Crippen LogP contribution in [-0.4, -0.2) is 42.0 Å². The number of fused-ring (bicyclic) bond motifs is 2. The van der Waals surface area contributed by atoms with Gasteiger partial charge in [-0.1, -0.05) is 12.1 Å². The third-order valence-electron chi connectivity index (χ3n) is 4.72. The summed E-state index contributed by atoms with van der Waals surface area (Å²) < 4.78 is 12.7. The lowest BCUT2D eigenvalue weighted by Gasteiger charge is -2.15. The molecule has 0 N–H and O–H groups in total. The van der Waals surface area contributed by atoms with Gasteiger partial charge in [0.25, 0.3) is 11.8 Å². The summed E-state index contributed by atoms with van der Waals surface area (Å²) in [6.07, 6.45) is 1.92. The van der Waals surface area contributed by atoms with Crippen molar-refractivity contribution in [1.82, 2.24) is 9.47 Å². The molecule has 0 unspecified atom stereocenters. The molecule has 1 aliphatic rings. The van der Waals surface area contributed by atoms with Crippen molar-refractivity contribution in [3.05, 3.63) is 59.8 Å². The SMILES string of the molecule is COc1cc(OC)c2ccn(CCN3C(=O)c4ccccc4C3=O)c2c1. The van der Waals surface area contributed by atoms with Crippen molar-refractivity contribution in [1.29, 1.82) is 0 Å². The molecule has 4 rings (SSSR count). The van der Waals surface area contributed by atoms with E-state index in [1.165, 1.54) is 4.90 Å². The first-order valence-corrected chi connectivity index (χ1v) is 8.30. The molecule has 1 aromatic heterocycles. The summed E-state index contributed by atoms with van der Waals surface area (Å²) in [7, 11) is 3.22. The van der Waals surface area contributed by atoms with Crippen LogP contribution in [0.4, 0.5) is 0 Å². The topological polar surface area (TPSA) is 60.8 Å². The standard InChI is InChI=1S/C20H18N2O4/c1-25-13-11-17-16(18(12-13)26-2)7-8-21(17)9-10-22-19(23)14-5-3-4-6-15(14)20(22)24/h3-8,11-12H,9-10H2,1-2H3. The van der Waals surface area contributed by atoms with E-state index < -0.39 is 0 Å². The zero-order valence-electron chi connectivity index (χ0n) is 14.6. The summed E-state index contributed by atoms with van der Waals surface area (Å²) in [5.74, 6) is 0.934. The third kappa shape index (κ3) is 2.42. The highest BCUT2D eigenvalue weighted by Gasteiger charge is 2.34. The summed E-state index contributed by atoms with van der Waals surface area (Å²) in [6, 6.07) is 12.6. The maximum Gasteiger partial charge on any atom is 0.261 e. The highest BCUT2D eigenvalue weighted by molar-refractivity contribution is 6.21. The Balaban J connectivity index is 1.61. The number of hydrogen-bond acceptors (Lipinski definition) is 4. The molecule has 0 radical (unpaired) electrons. The fraction of sp³-hybridized carbons (Fsp3) is 0.200. The Kier molecular flexibility index (Phi) is 3.88. The van der Waals surface area contributed by atoms with E-state index in [9.17, 15) is 9.59 Å². The Morgan fingerprint density at radius 1 is 0.885 bits per heavy atom. The van der Waals surface area contributed by atoms with E-state index in [4.69, 9.17) is 9.47 Å². The van der Waals surface area contributed by atoms with Gasteiger partial charge in [-0.15, -0.1) is 0 Å². The molecule has 0 aliphatic carbocycles. The normalized spacial score (nSPS) is 13.4. The Labute approximate surface area is 150 Å². The van der Waals surface area contributed by atoms with Crippen LogP contribution >= 0.6 is 0 Å². The molecule has 0 saturated heterocycles. The van der Waals surface area contributed by atoms with Gasteiger partial charge in [-0.05, 0) is 18.2 Å². The van der Waals surface area contributed by atoms with Crippen LogP contribution in [0.5, 0.6) is 11.5 Å². The molecule has 1 aliphatic heterocycles. The zero-order valence-corrected chi connectivity index (χ0v) is 14.6. The maximum absolute atomic E-state index is 12.5. The van der Waals surface area contributed by atoms with Crippen molar-refractivity contribution < 1.29 is 19.1 Å². The van der Waals surface area contributed by atoms with Gasteiger partial charge in [0.2, 0.25) is 0 Å². The van der Waals surface area contributed by atoms with Crippen LogP contribution in [0.15, 0.2) is 48.7 Å². The van der Waals surface area contributed by atoms with E-state index >= 15 is 0 Å². The van der Waals surface area contributed by atoms with Crippen molar-refractivity contribution in [2.24, 2.45) is 0 Å². The van der Waals surface area contributed by atoms with Gasteiger partial charge < -0.3 is 14.0 Å². The second-order valence-electron chi connectivity index (χ2n) is 6.08. The average molecular weight is 350 g/mol. The van der Waals surface area contributed by atoms with Crippen LogP contribution in [0.1, 0.15) is 20.7 Å². The molecule has 0 bridgehead atoms. The molecule has 6 nitrogen and oxygen atoms in total. The zero-order chi connectivity index (χ0) is 18.3. The van der Waals surface area contributed by atoms with E-state index in [1.807, 2.05) is 29.0 Å². The molecular weight excluding hydrogens is 332 g/mol. The van der Waals surface area contributed by atoms with Crippen LogP contribution in [-0.2, 0) is 6.54 Å². The van der Waals surface area contributed by atoms with E-state index in [1.54, 1.807) is 38.5 Å². The van der Waals surface area contributed by atoms with Gasteiger partial charge in [-0.3, -0.25) is 14.5 Å². The molecule has 3 aromatic rings. The van der Waals surface area contributed by atoms with Crippen molar-refractivity contribution >= 4 is 22.7 Å². The summed E-state index contributed by atoms with van der Waals surface area (Å²) in [4.78, 5) is 26.3. The summed E-state index contributed by atoms with van der Waals surface area (Å²) >= 11 is 0. The smallest absolute Gasteiger partial charge is 0.261 e. The van der Waals surface area contributed by atoms with Gasteiger partial charge in [0.1, 0.15) is 11.5 Å². The fourth-order valence-corrected chi connectivity index (χ4v) is 3.37. The molecule has 2 heterocycles. The van der Waals surface area contributed by atoms with Crippen molar-refractivity contribution in [3.63, 3.8) is 0 Å². The van der Waals surface area contributed by atoms with E-state index in [-0.39, 0.29) is 11.8 Å². The highest BCUT2D eigenvalue weighted by atomic mass is 16.5. The molecule has 132 valence electrons. The number of hydrogen-bond donors (Lipinski definition) is 0. The van der Waals surface area contributed by atoms with Gasteiger partial charge in [-0.25, -0.2) is 0 Å². The average Bonchev–Trinajstić information content (AvgIpc) is 3.19. The van der Waals surface area contributed by atoms with E-state index in [2.05, 4.69) is 0 Å². The number of imide groups is 1. The number of benzene rings is 2. The molecule has 0 fully saturated rings. The van der Waals surface area contributed by atoms with Crippen molar-refractivity contribution in [2.45, 2.75) is 6.54 Å². The number of ether oxygens (including phenoxy) is 2. The fourth-order valence-electron chi connectivity index (χ4n) is 3.37. The maximum atomic E-state index is 12.5. The van der Waals surface area contributed by atoms with E-state index in [0.29, 0.717) is 30.0 Å². The van der Waals surface area contributed by atoms with Crippen LogP contribution in [0.25, 0.3) is 10.9 Å². The second kappa shape index (κ2) is 6.22. The molecule has 6 heteroatoms. The van der Waals surface area contributed by atoms with Crippen molar-refractivity contribution in [3.8, 4) is 11.5 Å². The first-order valence-electron chi connectivity index (χ1n) is 8.30. The Morgan fingerprint density at radius 3 is 2.19 bits per heavy atom. The lowest BCUT2D eigenvalue weighted by molar-refractivity contribution is 0.0649. The molecular formula is C20H18N2O4. The van der Waals surface area contributed by atoms with Gasteiger partial charge in [0, 0.05) is 36.8 Å². The summed E-state index contributed by atoms with van der Waals surface area (Å²) in [5.41, 5.74) is 1.87. The quantitative estimate of drug-likeness (QED) is 0.664. The molecule has 0 saturated carbocycles. The van der Waals surface area contributed by atoms with E-state index in [0.717, 1.165) is 16.7 Å². The molecule has 0 spiro atoms. The summed E-state index contributed by atoms with van der Waals surface area (Å²) in [5, 5.41) is 0.954. The third-order valence-corrected chi connectivity index (χ3v) is 4.72. The Morgan fingerprint density at radius 2 is 1.58 bits per heavy atom. The minimum absolute atomic E-state index is 0.239. The highest BCUT2D eigenvalue weighted by Crippen LogP contribution is 2.32. The number of methoxy groups -OCH3 is 2. The first-order chi connectivity index (χ1) is 12.6. The van der Waals surface area contributed by atoms with Gasteiger partial charge >= 0.3 is 0 Å². The lowest BCUT2D eigenvalue weighted by atomic mass is 10.1. The number of carbonyl (C=O) groups excluding carboxylic acids is 2. The number of amides is 2. The number of rotatable bonds is 5. The minimum atomic E-state index is -0.239.